The molecule has 0 aliphatic heterocycles. The minimum Gasteiger partial charge on any atom is -0.0654 e. The molecule has 0 saturated carbocycles. The number of hydrogen-bond acceptors (Lipinski definition) is 0. The molecule has 0 amide bonds. The second-order valence-corrected chi connectivity index (χ2v) is 6.59. The van der Waals surface area contributed by atoms with Crippen LogP contribution in [-0.2, 0) is 0 Å². The van der Waals surface area contributed by atoms with Gasteiger partial charge in [0, 0.05) is 0 Å². The van der Waals surface area contributed by atoms with Crippen molar-refractivity contribution in [2.24, 2.45) is 23.7 Å². The third-order valence-electron chi connectivity index (χ3n) is 4.31. The van der Waals surface area contributed by atoms with Gasteiger partial charge in [0.1, 0.15) is 0 Å². The Kier molecular flexibility index (Phi) is 9.97. The zero-order chi connectivity index (χ0) is 13.3. The van der Waals surface area contributed by atoms with E-state index >= 15 is 0 Å². The average Bonchev–Trinajstić information content (AvgIpc) is 2.26. The maximum atomic E-state index is 2.47. The van der Waals surface area contributed by atoms with E-state index in [0.29, 0.717) is 0 Å². The van der Waals surface area contributed by atoms with Gasteiger partial charge < -0.3 is 0 Å². The van der Waals surface area contributed by atoms with Crippen LogP contribution in [0.5, 0.6) is 0 Å². The van der Waals surface area contributed by atoms with E-state index in [1.165, 1.54) is 44.9 Å². The van der Waals surface area contributed by atoms with Crippen molar-refractivity contribution >= 4 is 0 Å². The maximum Gasteiger partial charge on any atom is -0.0414 e. The monoisotopic (exact) mass is 240 g/mol. The summed E-state index contributed by atoms with van der Waals surface area (Å²) in [6.07, 6.45) is 9.91. The summed E-state index contributed by atoms with van der Waals surface area (Å²) in [4.78, 5) is 0. The van der Waals surface area contributed by atoms with E-state index in [4.69, 9.17) is 0 Å². The standard InChI is InChI=1S/C17H36/c1-7-9-10-11-17(8-2)13-16(6)15(5)12-14(3)4/h14-17H,7-13H2,1-6H3. The summed E-state index contributed by atoms with van der Waals surface area (Å²) < 4.78 is 0. The summed E-state index contributed by atoms with van der Waals surface area (Å²) in [5.74, 6) is 3.64. The molecule has 0 bridgehead atoms. The largest absolute Gasteiger partial charge is 0.0654 e. The molecule has 0 N–H and O–H groups in total. The maximum absolute atomic E-state index is 2.47. The highest BCUT2D eigenvalue weighted by atomic mass is 14.2. The third kappa shape index (κ3) is 8.69. The van der Waals surface area contributed by atoms with Crippen LogP contribution in [0.1, 0.15) is 86.5 Å². The van der Waals surface area contributed by atoms with E-state index in [0.717, 1.165) is 23.7 Å². The summed E-state index contributed by atoms with van der Waals surface area (Å²) in [6, 6.07) is 0. The van der Waals surface area contributed by atoms with Crippen molar-refractivity contribution in [3.05, 3.63) is 0 Å². The fourth-order valence-electron chi connectivity index (χ4n) is 2.91. The van der Waals surface area contributed by atoms with E-state index in [1.807, 2.05) is 0 Å². The summed E-state index contributed by atoms with van der Waals surface area (Å²) in [5.41, 5.74) is 0. The molecule has 3 atom stereocenters. The molecule has 0 rings (SSSR count). The Morgan fingerprint density at radius 1 is 0.765 bits per heavy atom. The van der Waals surface area contributed by atoms with E-state index in [9.17, 15) is 0 Å². The van der Waals surface area contributed by atoms with Gasteiger partial charge in [0.25, 0.3) is 0 Å². The minimum absolute atomic E-state index is 0.854. The molecule has 0 heteroatoms. The summed E-state index contributed by atoms with van der Waals surface area (Å²) in [7, 11) is 0. The van der Waals surface area contributed by atoms with Gasteiger partial charge in [0.05, 0.1) is 0 Å². The number of rotatable bonds is 10. The smallest absolute Gasteiger partial charge is 0.0414 e. The lowest BCUT2D eigenvalue weighted by Gasteiger charge is -2.26. The van der Waals surface area contributed by atoms with Crippen LogP contribution in [0.4, 0.5) is 0 Å². The van der Waals surface area contributed by atoms with Crippen molar-refractivity contribution in [2.75, 3.05) is 0 Å². The van der Waals surface area contributed by atoms with E-state index < -0.39 is 0 Å². The predicted molar refractivity (Wildman–Crippen MR) is 80.3 cm³/mol. The van der Waals surface area contributed by atoms with Crippen molar-refractivity contribution < 1.29 is 0 Å². The molecule has 0 aromatic rings. The van der Waals surface area contributed by atoms with Gasteiger partial charge in [-0.1, -0.05) is 73.6 Å². The SMILES string of the molecule is CCCCCC(CC)CC(C)C(C)CC(C)C. The molecule has 17 heavy (non-hydrogen) atoms. The molecule has 0 fully saturated rings. The molecule has 0 aromatic carbocycles. The molecule has 0 radical (unpaired) electrons. The zero-order valence-corrected chi connectivity index (χ0v) is 13.3. The molecule has 0 saturated heterocycles. The van der Waals surface area contributed by atoms with Crippen molar-refractivity contribution in [3.8, 4) is 0 Å². The minimum atomic E-state index is 0.854. The quantitative estimate of drug-likeness (QED) is 0.393. The highest BCUT2D eigenvalue weighted by molar-refractivity contribution is 4.68. The van der Waals surface area contributed by atoms with Gasteiger partial charge in [-0.25, -0.2) is 0 Å². The number of unbranched alkanes of at least 4 members (excludes halogenated alkanes) is 2. The van der Waals surface area contributed by atoms with Crippen molar-refractivity contribution in [3.63, 3.8) is 0 Å². The Bertz CT molecular complexity index is 159. The molecule has 0 aliphatic rings. The predicted octanol–water partition coefficient (Wildman–Crippen LogP) is 6.30. The van der Waals surface area contributed by atoms with Gasteiger partial charge in [-0.2, -0.15) is 0 Å². The first kappa shape index (κ1) is 17.0. The normalized spacial score (nSPS) is 17.1. The molecule has 3 unspecified atom stereocenters. The first-order valence-electron chi connectivity index (χ1n) is 8.01. The Hall–Kier alpha value is 0. The Morgan fingerprint density at radius 2 is 1.35 bits per heavy atom. The lowest BCUT2D eigenvalue weighted by Crippen LogP contribution is -2.15. The van der Waals surface area contributed by atoms with Crippen LogP contribution in [0.2, 0.25) is 0 Å². The molecule has 0 spiro atoms. The van der Waals surface area contributed by atoms with Crippen LogP contribution >= 0.6 is 0 Å². The van der Waals surface area contributed by atoms with Crippen molar-refractivity contribution in [2.45, 2.75) is 86.5 Å². The fourth-order valence-corrected chi connectivity index (χ4v) is 2.91. The second kappa shape index (κ2) is 9.97. The highest BCUT2D eigenvalue weighted by Gasteiger charge is 2.17. The molecular weight excluding hydrogens is 204 g/mol. The van der Waals surface area contributed by atoms with Gasteiger partial charge in [-0.05, 0) is 36.5 Å². The van der Waals surface area contributed by atoms with Crippen LogP contribution in [0.15, 0.2) is 0 Å². The van der Waals surface area contributed by atoms with Gasteiger partial charge in [0.2, 0.25) is 0 Å². The zero-order valence-electron chi connectivity index (χ0n) is 13.3. The van der Waals surface area contributed by atoms with Crippen molar-refractivity contribution in [1.29, 1.82) is 0 Å². The second-order valence-electron chi connectivity index (χ2n) is 6.59. The Morgan fingerprint density at radius 3 is 1.82 bits per heavy atom. The highest BCUT2D eigenvalue weighted by Crippen LogP contribution is 2.29. The molecule has 0 aliphatic carbocycles. The lowest BCUT2D eigenvalue weighted by atomic mass is 9.80. The molecule has 0 heterocycles. The lowest BCUT2D eigenvalue weighted by molar-refractivity contribution is 0.255. The first-order chi connectivity index (χ1) is 8.01. The Labute approximate surface area is 111 Å². The average molecular weight is 240 g/mol. The molecule has 0 aromatic heterocycles. The van der Waals surface area contributed by atoms with E-state index in [2.05, 4.69) is 41.5 Å². The van der Waals surface area contributed by atoms with Crippen molar-refractivity contribution in [1.82, 2.24) is 0 Å². The summed E-state index contributed by atoms with van der Waals surface area (Å²) in [5, 5.41) is 0. The number of hydrogen-bond donors (Lipinski definition) is 0. The Balaban J connectivity index is 3.91. The third-order valence-corrected chi connectivity index (χ3v) is 4.31. The van der Waals surface area contributed by atoms with Gasteiger partial charge in [0.15, 0.2) is 0 Å². The van der Waals surface area contributed by atoms with E-state index in [1.54, 1.807) is 0 Å². The summed E-state index contributed by atoms with van der Waals surface area (Å²) in [6.45, 7) is 14.3. The first-order valence-corrected chi connectivity index (χ1v) is 8.01. The molecular formula is C17H36. The van der Waals surface area contributed by atoms with Crippen LogP contribution in [0.3, 0.4) is 0 Å². The van der Waals surface area contributed by atoms with Crippen LogP contribution < -0.4 is 0 Å². The van der Waals surface area contributed by atoms with Crippen LogP contribution in [-0.4, -0.2) is 0 Å². The van der Waals surface area contributed by atoms with E-state index in [-0.39, 0.29) is 0 Å². The van der Waals surface area contributed by atoms with Gasteiger partial charge in [-0.3, -0.25) is 0 Å². The molecule has 104 valence electrons. The fraction of sp³-hybridized carbons (Fsp3) is 1.00. The summed E-state index contributed by atoms with van der Waals surface area (Å²) >= 11 is 0. The van der Waals surface area contributed by atoms with Crippen LogP contribution in [0.25, 0.3) is 0 Å². The van der Waals surface area contributed by atoms with Gasteiger partial charge in [-0.15, -0.1) is 0 Å². The molecule has 0 nitrogen and oxygen atoms in total. The van der Waals surface area contributed by atoms with Gasteiger partial charge >= 0.3 is 0 Å². The topological polar surface area (TPSA) is 0 Å². The van der Waals surface area contributed by atoms with Crippen LogP contribution in [0, 0.1) is 23.7 Å².